The van der Waals surface area contributed by atoms with Crippen molar-refractivity contribution in [2.45, 2.75) is 23.5 Å². The fraction of sp³-hybridized carbons (Fsp3) is 0.107. The van der Waals surface area contributed by atoms with E-state index in [1.807, 2.05) is 60.3 Å². The molecule has 154 valence electrons. The molecule has 1 N–H and O–H groups in total. The molecule has 4 aromatic carbocycles. The average Bonchev–Trinajstić information content (AvgIpc) is 2.84. The molecular weight excluding hydrogens is 398 g/mol. The van der Waals surface area contributed by atoms with Crippen LogP contribution in [0.4, 0.5) is 5.69 Å². The first kappa shape index (κ1) is 21.0. The summed E-state index contributed by atoms with van der Waals surface area (Å²) >= 11 is 1.81. The molecule has 0 aromatic heterocycles. The number of hydrogen-bond acceptors (Lipinski definition) is 2. The smallest absolute Gasteiger partial charge is 0.255 e. The third-order valence-electron chi connectivity index (χ3n) is 5.15. The van der Waals surface area contributed by atoms with Crippen molar-refractivity contribution in [2.24, 2.45) is 0 Å². The zero-order valence-electron chi connectivity index (χ0n) is 17.3. The average molecular weight is 424 g/mol. The van der Waals surface area contributed by atoms with Gasteiger partial charge in [0.1, 0.15) is 0 Å². The van der Waals surface area contributed by atoms with Gasteiger partial charge in [-0.1, -0.05) is 78.9 Å². The molecule has 0 heterocycles. The number of benzene rings is 4. The number of carbonyl (C=O) groups is 1. The third kappa shape index (κ3) is 6.09. The van der Waals surface area contributed by atoms with Crippen LogP contribution >= 0.6 is 11.8 Å². The van der Waals surface area contributed by atoms with Crippen LogP contribution in [0.2, 0.25) is 0 Å². The van der Waals surface area contributed by atoms with Crippen LogP contribution in [0.25, 0.3) is 0 Å². The molecule has 0 radical (unpaired) electrons. The summed E-state index contributed by atoms with van der Waals surface area (Å²) in [6, 6.07) is 36.7. The largest absolute Gasteiger partial charge is 0.322 e. The molecule has 0 saturated carbocycles. The molecule has 1 amide bonds. The standard InChI is InChI=1S/C28H25NOS/c30-28(27-14-8-7-11-24(27)18-15-22-9-3-1-4-10-22)29-25-19-16-23(17-20-25)21-31-26-12-5-2-6-13-26/h1-14,16-17,19-20H,15,18,21H2,(H,29,30). The van der Waals surface area contributed by atoms with Crippen molar-refractivity contribution in [1.29, 1.82) is 0 Å². The summed E-state index contributed by atoms with van der Waals surface area (Å²) in [7, 11) is 0. The molecule has 3 heteroatoms. The lowest BCUT2D eigenvalue weighted by molar-refractivity contribution is 0.102. The Morgan fingerprint density at radius 2 is 1.29 bits per heavy atom. The Balaban J connectivity index is 1.37. The molecule has 0 aliphatic carbocycles. The third-order valence-corrected chi connectivity index (χ3v) is 6.23. The van der Waals surface area contributed by atoms with Gasteiger partial charge >= 0.3 is 0 Å². The van der Waals surface area contributed by atoms with Crippen molar-refractivity contribution in [3.8, 4) is 0 Å². The van der Waals surface area contributed by atoms with Crippen LogP contribution in [-0.2, 0) is 18.6 Å². The van der Waals surface area contributed by atoms with E-state index in [0.29, 0.717) is 0 Å². The summed E-state index contributed by atoms with van der Waals surface area (Å²) in [6.07, 6.45) is 1.75. The SMILES string of the molecule is O=C(Nc1ccc(CSc2ccccc2)cc1)c1ccccc1CCc1ccccc1. The van der Waals surface area contributed by atoms with E-state index in [1.54, 1.807) is 0 Å². The lowest BCUT2D eigenvalue weighted by atomic mass is 9.99. The number of nitrogens with one attached hydrogen (secondary N) is 1. The van der Waals surface area contributed by atoms with Gasteiger partial charge in [-0.3, -0.25) is 4.79 Å². The molecule has 0 bridgehead atoms. The van der Waals surface area contributed by atoms with E-state index in [9.17, 15) is 4.79 Å². The number of hydrogen-bond donors (Lipinski definition) is 1. The quantitative estimate of drug-likeness (QED) is 0.309. The summed E-state index contributed by atoms with van der Waals surface area (Å²) in [5.74, 6) is 0.843. The fourth-order valence-corrected chi connectivity index (χ4v) is 4.32. The van der Waals surface area contributed by atoms with Gasteiger partial charge < -0.3 is 5.32 Å². The predicted octanol–water partition coefficient (Wildman–Crippen LogP) is 7.02. The Morgan fingerprint density at radius 1 is 0.645 bits per heavy atom. The lowest BCUT2D eigenvalue weighted by Gasteiger charge is -2.11. The minimum atomic E-state index is -0.0601. The predicted molar refractivity (Wildman–Crippen MR) is 131 cm³/mol. The lowest BCUT2D eigenvalue weighted by Crippen LogP contribution is -2.14. The molecule has 0 atom stereocenters. The van der Waals surface area contributed by atoms with Crippen molar-refractivity contribution in [3.63, 3.8) is 0 Å². The first-order chi connectivity index (χ1) is 15.3. The van der Waals surface area contributed by atoms with E-state index < -0.39 is 0 Å². The number of rotatable bonds is 8. The van der Waals surface area contributed by atoms with Gasteiger partial charge in [0.15, 0.2) is 0 Å². The molecule has 4 aromatic rings. The van der Waals surface area contributed by atoms with Crippen molar-refractivity contribution >= 4 is 23.4 Å². The Morgan fingerprint density at radius 3 is 2.03 bits per heavy atom. The first-order valence-corrected chi connectivity index (χ1v) is 11.5. The minimum Gasteiger partial charge on any atom is -0.322 e. The maximum absolute atomic E-state index is 12.9. The number of anilines is 1. The Kier molecular flexibility index (Phi) is 7.20. The van der Waals surface area contributed by atoms with Crippen molar-refractivity contribution in [2.75, 3.05) is 5.32 Å². The summed E-state index contributed by atoms with van der Waals surface area (Å²) in [4.78, 5) is 14.2. The maximum Gasteiger partial charge on any atom is 0.255 e. The zero-order valence-corrected chi connectivity index (χ0v) is 18.1. The Hall–Kier alpha value is -3.30. The van der Waals surface area contributed by atoms with Crippen LogP contribution in [-0.4, -0.2) is 5.91 Å². The van der Waals surface area contributed by atoms with E-state index >= 15 is 0 Å². The van der Waals surface area contributed by atoms with Gasteiger partial charge in [0.25, 0.3) is 5.91 Å². The molecule has 0 saturated heterocycles. The second kappa shape index (κ2) is 10.6. The highest BCUT2D eigenvalue weighted by Gasteiger charge is 2.11. The second-order valence-corrected chi connectivity index (χ2v) is 8.44. The highest BCUT2D eigenvalue weighted by Crippen LogP contribution is 2.23. The summed E-state index contributed by atoms with van der Waals surface area (Å²) in [6.45, 7) is 0. The van der Waals surface area contributed by atoms with Crippen molar-refractivity contribution < 1.29 is 4.79 Å². The molecule has 0 unspecified atom stereocenters. The summed E-state index contributed by atoms with van der Waals surface area (Å²) in [5.41, 5.74) is 5.13. The van der Waals surface area contributed by atoms with Crippen molar-refractivity contribution in [1.82, 2.24) is 0 Å². The van der Waals surface area contributed by atoms with Gasteiger partial charge in [-0.25, -0.2) is 0 Å². The number of amides is 1. The van der Waals surface area contributed by atoms with E-state index in [1.165, 1.54) is 16.0 Å². The Labute approximate surface area is 188 Å². The van der Waals surface area contributed by atoms with Crippen LogP contribution in [0.15, 0.2) is 114 Å². The van der Waals surface area contributed by atoms with Crippen LogP contribution in [0, 0.1) is 0 Å². The van der Waals surface area contributed by atoms with Gasteiger partial charge in [0, 0.05) is 21.9 Å². The summed E-state index contributed by atoms with van der Waals surface area (Å²) < 4.78 is 0. The van der Waals surface area contributed by atoms with Crippen molar-refractivity contribution in [3.05, 3.63) is 131 Å². The van der Waals surface area contributed by atoms with E-state index in [0.717, 1.165) is 35.4 Å². The molecule has 4 rings (SSSR count). The Bertz CT molecular complexity index is 1110. The molecule has 31 heavy (non-hydrogen) atoms. The maximum atomic E-state index is 12.9. The van der Waals surface area contributed by atoms with Crippen LogP contribution in [0.3, 0.4) is 0 Å². The first-order valence-electron chi connectivity index (χ1n) is 10.5. The normalized spacial score (nSPS) is 10.6. The van der Waals surface area contributed by atoms with E-state index in [2.05, 4.69) is 66.0 Å². The van der Waals surface area contributed by atoms with Gasteiger partial charge in [0.2, 0.25) is 0 Å². The molecular formula is C28H25NOS. The molecule has 2 nitrogen and oxygen atoms in total. The van der Waals surface area contributed by atoms with Crippen LogP contribution < -0.4 is 5.32 Å². The topological polar surface area (TPSA) is 29.1 Å². The van der Waals surface area contributed by atoms with Gasteiger partial charge in [-0.15, -0.1) is 11.8 Å². The minimum absolute atomic E-state index is 0.0601. The molecule has 0 aliphatic rings. The number of aryl methyl sites for hydroxylation is 2. The van der Waals surface area contributed by atoms with Crippen LogP contribution in [0.1, 0.15) is 27.0 Å². The monoisotopic (exact) mass is 423 g/mol. The van der Waals surface area contributed by atoms with Gasteiger partial charge in [0.05, 0.1) is 0 Å². The van der Waals surface area contributed by atoms with Gasteiger partial charge in [-0.05, 0) is 59.9 Å². The molecule has 0 spiro atoms. The highest BCUT2D eigenvalue weighted by molar-refractivity contribution is 7.98. The van der Waals surface area contributed by atoms with E-state index in [-0.39, 0.29) is 5.91 Å². The van der Waals surface area contributed by atoms with Crippen LogP contribution in [0.5, 0.6) is 0 Å². The zero-order chi connectivity index (χ0) is 21.3. The van der Waals surface area contributed by atoms with Gasteiger partial charge in [-0.2, -0.15) is 0 Å². The highest BCUT2D eigenvalue weighted by atomic mass is 32.2. The molecule has 0 aliphatic heterocycles. The molecule has 0 fully saturated rings. The second-order valence-electron chi connectivity index (χ2n) is 7.40. The fourth-order valence-electron chi connectivity index (χ4n) is 3.45. The summed E-state index contributed by atoms with van der Waals surface area (Å²) in [5, 5.41) is 3.05. The number of thioether (sulfide) groups is 1. The number of carbonyl (C=O) groups excluding carboxylic acids is 1. The van der Waals surface area contributed by atoms with E-state index in [4.69, 9.17) is 0 Å².